The topological polar surface area (TPSA) is 91.3 Å². The second-order valence-electron chi connectivity index (χ2n) is 6.63. The summed E-state index contributed by atoms with van der Waals surface area (Å²) in [5.41, 5.74) is 0. The van der Waals surface area contributed by atoms with Crippen molar-refractivity contribution in [1.29, 1.82) is 0 Å². The smallest absolute Gasteiger partial charge is 0.230 e. The minimum atomic E-state index is -3.15. The summed E-state index contributed by atoms with van der Waals surface area (Å²) in [7, 11) is 0.670. The fourth-order valence-electron chi connectivity index (χ4n) is 2.50. The lowest BCUT2D eigenvalue weighted by Crippen LogP contribution is -2.45. The van der Waals surface area contributed by atoms with E-state index in [0.717, 1.165) is 31.8 Å². The molecular formula is C15H28N6O2S. The van der Waals surface area contributed by atoms with Crippen LogP contribution < -0.4 is 14.5 Å². The summed E-state index contributed by atoms with van der Waals surface area (Å²) in [5, 5.41) is 0. The van der Waals surface area contributed by atoms with Crippen molar-refractivity contribution in [3.8, 4) is 0 Å². The first-order valence-electron chi connectivity index (χ1n) is 8.40. The minimum absolute atomic E-state index is 0.00840. The van der Waals surface area contributed by atoms with Crippen LogP contribution in [0.1, 0.15) is 45.4 Å². The Morgan fingerprint density at radius 1 is 1.21 bits per heavy atom. The predicted octanol–water partition coefficient (Wildman–Crippen LogP) is 0.969. The van der Waals surface area contributed by atoms with Crippen LogP contribution in [-0.4, -0.2) is 62.3 Å². The maximum absolute atomic E-state index is 11.7. The van der Waals surface area contributed by atoms with Gasteiger partial charge in [-0.15, -0.1) is 0 Å². The van der Waals surface area contributed by atoms with E-state index in [9.17, 15) is 8.42 Å². The van der Waals surface area contributed by atoms with Crippen LogP contribution in [0.2, 0.25) is 0 Å². The molecule has 1 aromatic heterocycles. The number of nitrogens with one attached hydrogen (secondary N) is 1. The second kappa shape index (κ2) is 7.60. The fraction of sp³-hybridized carbons (Fsp3) is 0.800. The molecular weight excluding hydrogens is 328 g/mol. The summed E-state index contributed by atoms with van der Waals surface area (Å²) in [6, 6.07) is -0.00840. The van der Waals surface area contributed by atoms with Crippen LogP contribution >= 0.6 is 0 Å². The van der Waals surface area contributed by atoms with Crippen molar-refractivity contribution in [2.45, 2.75) is 45.6 Å². The zero-order chi connectivity index (χ0) is 17.9. The molecule has 0 aliphatic carbocycles. The highest BCUT2D eigenvalue weighted by atomic mass is 32.2. The first-order valence-corrected chi connectivity index (χ1v) is 10.0. The van der Waals surface area contributed by atoms with Crippen molar-refractivity contribution < 1.29 is 8.42 Å². The monoisotopic (exact) mass is 356 g/mol. The number of piperidine rings is 1. The van der Waals surface area contributed by atoms with E-state index in [1.807, 2.05) is 19.0 Å². The average Bonchev–Trinajstić information content (AvgIpc) is 2.54. The largest absolute Gasteiger partial charge is 0.347 e. The zero-order valence-corrected chi connectivity index (χ0v) is 16.0. The molecule has 136 valence electrons. The Bertz CT molecular complexity index is 628. The average molecular weight is 356 g/mol. The Morgan fingerprint density at radius 3 is 2.33 bits per heavy atom. The highest BCUT2D eigenvalue weighted by molar-refractivity contribution is 7.89. The van der Waals surface area contributed by atoms with Gasteiger partial charge >= 0.3 is 0 Å². The van der Waals surface area contributed by atoms with Crippen molar-refractivity contribution >= 4 is 21.9 Å². The molecule has 1 saturated heterocycles. The van der Waals surface area contributed by atoms with Crippen LogP contribution in [0.5, 0.6) is 0 Å². The highest BCUT2D eigenvalue weighted by Crippen LogP contribution is 2.21. The van der Waals surface area contributed by atoms with E-state index in [1.165, 1.54) is 0 Å². The van der Waals surface area contributed by atoms with Gasteiger partial charge < -0.3 is 9.80 Å². The SMILES string of the molecule is CCS(=O)(=O)NC1CCN(c2nc(C(C)C)nc(N(C)C)n2)CC1. The third-order valence-corrected chi connectivity index (χ3v) is 5.50. The van der Waals surface area contributed by atoms with Gasteiger partial charge in [-0.05, 0) is 19.8 Å². The predicted molar refractivity (Wildman–Crippen MR) is 96.1 cm³/mol. The van der Waals surface area contributed by atoms with Crippen molar-refractivity contribution in [3.05, 3.63) is 5.82 Å². The summed E-state index contributed by atoms with van der Waals surface area (Å²) in [6.45, 7) is 7.23. The molecule has 0 spiro atoms. The van der Waals surface area contributed by atoms with Crippen molar-refractivity contribution in [2.75, 3.05) is 42.7 Å². The number of hydrogen-bond donors (Lipinski definition) is 1. The lowest BCUT2D eigenvalue weighted by atomic mass is 10.1. The van der Waals surface area contributed by atoms with Gasteiger partial charge in [0, 0.05) is 39.1 Å². The van der Waals surface area contributed by atoms with Gasteiger partial charge in [0.15, 0.2) is 0 Å². The number of nitrogens with zero attached hydrogens (tertiary/aromatic N) is 5. The molecule has 2 rings (SSSR count). The van der Waals surface area contributed by atoms with Crippen LogP contribution in [0.4, 0.5) is 11.9 Å². The molecule has 0 atom stereocenters. The van der Waals surface area contributed by atoms with Crippen LogP contribution in [0, 0.1) is 0 Å². The van der Waals surface area contributed by atoms with Crippen molar-refractivity contribution in [2.24, 2.45) is 0 Å². The first kappa shape index (κ1) is 18.9. The van der Waals surface area contributed by atoms with E-state index in [4.69, 9.17) is 0 Å². The van der Waals surface area contributed by atoms with Crippen molar-refractivity contribution in [3.63, 3.8) is 0 Å². The van der Waals surface area contributed by atoms with Crippen molar-refractivity contribution in [1.82, 2.24) is 19.7 Å². The van der Waals surface area contributed by atoms with Gasteiger partial charge in [-0.1, -0.05) is 13.8 Å². The molecule has 0 bridgehead atoms. The maximum atomic E-state index is 11.7. The lowest BCUT2D eigenvalue weighted by molar-refractivity contribution is 0.456. The molecule has 2 heterocycles. The first-order chi connectivity index (χ1) is 11.2. The quantitative estimate of drug-likeness (QED) is 0.812. The van der Waals surface area contributed by atoms with E-state index in [-0.39, 0.29) is 17.7 Å². The van der Waals surface area contributed by atoms with Gasteiger partial charge in [0.1, 0.15) is 5.82 Å². The molecule has 24 heavy (non-hydrogen) atoms. The zero-order valence-electron chi connectivity index (χ0n) is 15.2. The number of anilines is 2. The molecule has 1 fully saturated rings. The van der Waals surface area contributed by atoms with Gasteiger partial charge in [0.05, 0.1) is 5.75 Å². The van der Waals surface area contributed by atoms with Gasteiger partial charge in [-0.2, -0.15) is 15.0 Å². The van der Waals surface area contributed by atoms with Crippen LogP contribution in [-0.2, 0) is 10.0 Å². The molecule has 0 unspecified atom stereocenters. The third-order valence-electron chi connectivity index (χ3n) is 4.05. The van der Waals surface area contributed by atoms with E-state index in [0.29, 0.717) is 11.9 Å². The normalized spacial score (nSPS) is 16.7. The third kappa shape index (κ3) is 4.76. The lowest BCUT2D eigenvalue weighted by Gasteiger charge is -2.32. The van der Waals surface area contributed by atoms with Crippen LogP contribution in [0.3, 0.4) is 0 Å². The van der Waals surface area contributed by atoms with Crippen LogP contribution in [0.15, 0.2) is 0 Å². The minimum Gasteiger partial charge on any atom is -0.347 e. The molecule has 0 radical (unpaired) electrons. The van der Waals surface area contributed by atoms with E-state index >= 15 is 0 Å². The van der Waals surface area contributed by atoms with Crippen LogP contribution in [0.25, 0.3) is 0 Å². The molecule has 1 aliphatic heterocycles. The molecule has 9 heteroatoms. The fourth-order valence-corrected chi connectivity index (χ4v) is 3.41. The van der Waals surface area contributed by atoms with Gasteiger partial charge in [0.25, 0.3) is 0 Å². The van der Waals surface area contributed by atoms with E-state index in [1.54, 1.807) is 6.92 Å². The Morgan fingerprint density at radius 2 is 1.83 bits per heavy atom. The molecule has 1 N–H and O–H groups in total. The highest BCUT2D eigenvalue weighted by Gasteiger charge is 2.25. The Hall–Kier alpha value is -1.48. The summed E-state index contributed by atoms with van der Waals surface area (Å²) >= 11 is 0. The van der Waals surface area contributed by atoms with Gasteiger partial charge in [0.2, 0.25) is 21.9 Å². The van der Waals surface area contributed by atoms with Gasteiger partial charge in [-0.3, -0.25) is 0 Å². The Labute approximate surface area is 144 Å². The van der Waals surface area contributed by atoms with Gasteiger partial charge in [-0.25, -0.2) is 13.1 Å². The standard InChI is InChI=1S/C15H28N6O2S/c1-6-24(22,23)19-12-7-9-21(10-8-12)15-17-13(11(2)3)16-14(18-15)20(4)5/h11-12,19H,6-10H2,1-5H3. The van der Waals surface area contributed by atoms with E-state index in [2.05, 4.69) is 38.4 Å². The molecule has 8 nitrogen and oxygen atoms in total. The number of aromatic nitrogens is 3. The molecule has 0 amide bonds. The summed E-state index contributed by atoms with van der Waals surface area (Å²) in [5.74, 6) is 2.44. The summed E-state index contributed by atoms with van der Waals surface area (Å²) in [4.78, 5) is 17.6. The Kier molecular flexibility index (Phi) is 5.97. The molecule has 0 saturated carbocycles. The summed E-state index contributed by atoms with van der Waals surface area (Å²) in [6.07, 6.45) is 1.50. The number of rotatable bonds is 6. The number of hydrogen-bond acceptors (Lipinski definition) is 7. The van der Waals surface area contributed by atoms with E-state index < -0.39 is 10.0 Å². The number of sulfonamides is 1. The summed E-state index contributed by atoms with van der Waals surface area (Å²) < 4.78 is 26.2. The second-order valence-corrected chi connectivity index (χ2v) is 8.67. The molecule has 1 aliphatic rings. The maximum Gasteiger partial charge on any atom is 0.230 e. The molecule has 0 aromatic carbocycles. The Balaban J connectivity index is 2.11. The molecule has 1 aromatic rings.